The molecule has 2 heteroatoms. The molecule has 1 aliphatic rings. The molecule has 0 unspecified atom stereocenters. The summed E-state index contributed by atoms with van der Waals surface area (Å²) < 4.78 is 10.8. The number of hydrogen-bond donors (Lipinski definition) is 0. The molecule has 17 heavy (non-hydrogen) atoms. The standard InChI is InChI=1S/C15H22O2/c1-16-14-10-6-9-13(15(14)17-2)11-12-7-4-3-5-8-12/h6,9-10,12H,3-5,7-8,11H2,1-2H3. The van der Waals surface area contributed by atoms with Crippen LogP contribution in [0, 0.1) is 5.92 Å². The number of rotatable bonds is 4. The molecule has 0 bridgehead atoms. The summed E-state index contributed by atoms with van der Waals surface area (Å²) in [5.74, 6) is 2.59. The molecule has 2 nitrogen and oxygen atoms in total. The Morgan fingerprint density at radius 1 is 1.06 bits per heavy atom. The maximum Gasteiger partial charge on any atom is 0.163 e. The average Bonchev–Trinajstić information content (AvgIpc) is 2.39. The van der Waals surface area contributed by atoms with E-state index in [1.54, 1.807) is 14.2 Å². The van der Waals surface area contributed by atoms with E-state index in [0.29, 0.717) is 0 Å². The average molecular weight is 234 g/mol. The summed E-state index contributed by atoms with van der Waals surface area (Å²) in [4.78, 5) is 0. The van der Waals surface area contributed by atoms with Crippen molar-refractivity contribution in [2.75, 3.05) is 14.2 Å². The van der Waals surface area contributed by atoms with Gasteiger partial charge in [-0.15, -0.1) is 0 Å². The molecule has 0 aliphatic heterocycles. The fraction of sp³-hybridized carbons (Fsp3) is 0.600. The minimum Gasteiger partial charge on any atom is -0.493 e. The smallest absolute Gasteiger partial charge is 0.163 e. The van der Waals surface area contributed by atoms with E-state index >= 15 is 0 Å². The van der Waals surface area contributed by atoms with Crippen molar-refractivity contribution in [3.05, 3.63) is 23.8 Å². The first-order valence-corrected chi connectivity index (χ1v) is 6.55. The van der Waals surface area contributed by atoms with E-state index in [1.807, 2.05) is 6.07 Å². The Balaban J connectivity index is 2.13. The van der Waals surface area contributed by atoms with Crippen LogP contribution in [0.5, 0.6) is 11.5 Å². The quantitative estimate of drug-likeness (QED) is 0.788. The van der Waals surface area contributed by atoms with E-state index in [1.165, 1.54) is 37.7 Å². The van der Waals surface area contributed by atoms with Gasteiger partial charge in [0.25, 0.3) is 0 Å². The van der Waals surface area contributed by atoms with Gasteiger partial charge >= 0.3 is 0 Å². The van der Waals surface area contributed by atoms with Crippen molar-refractivity contribution < 1.29 is 9.47 Å². The van der Waals surface area contributed by atoms with E-state index in [-0.39, 0.29) is 0 Å². The second-order valence-corrected chi connectivity index (χ2v) is 4.86. The van der Waals surface area contributed by atoms with Gasteiger partial charge in [0.2, 0.25) is 0 Å². The maximum atomic E-state index is 5.48. The Kier molecular flexibility index (Phi) is 4.29. The van der Waals surface area contributed by atoms with Crippen LogP contribution in [0.3, 0.4) is 0 Å². The van der Waals surface area contributed by atoms with Gasteiger partial charge < -0.3 is 9.47 Å². The lowest BCUT2D eigenvalue weighted by molar-refractivity contribution is 0.333. The highest BCUT2D eigenvalue weighted by Gasteiger charge is 2.17. The van der Waals surface area contributed by atoms with Crippen molar-refractivity contribution in [2.24, 2.45) is 5.92 Å². The van der Waals surface area contributed by atoms with Crippen LogP contribution in [-0.2, 0) is 6.42 Å². The van der Waals surface area contributed by atoms with Gasteiger partial charge in [-0.25, -0.2) is 0 Å². The van der Waals surface area contributed by atoms with Crippen LogP contribution in [-0.4, -0.2) is 14.2 Å². The third kappa shape index (κ3) is 2.93. The summed E-state index contributed by atoms with van der Waals surface area (Å²) in [5, 5.41) is 0. The number of hydrogen-bond acceptors (Lipinski definition) is 2. The lowest BCUT2D eigenvalue weighted by Gasteiger charge is -2.22. The summed E-state index contributed by atoms with van der Waals surface area (Å²) in [6, 6.07) is 6.18. The highest BCUT2D eigenvalue weighted by molar-refractivity contribution is 5.46. The van der Waals surface area contributed by atoms with Crippen molar-refractivity contribution in [3.8, 4) is 11.5 Å². The monoisotopic (exact) mass is 234 g/mol. The molecule has 0 N–H and O–H groups in total. The Morgan fingerprint density at radius 3 is 2.47 bits per heavy atom. The van der Waals surface area contributed by atoms with Gasteiger partial charge in [0.05, 0.1) is 14.2 Å². The topological polar surface area (TPSA) is 18.5 Å². The summed E-state index contributed by atoms with van der Waals surface area (Å²) in [6.07, 6.45) is 8.03. The third-order valence-corrected chi connectivity index (χ3v) is 3.72. The highest BCUT2D eigenvalue weighted by atomic mass is 16.5. The fourth-order valence-corrected chi connectivity index (χ4v) is 2.82. The Hall–Kier alpha value is -1.18. The van der Waals surface area contributed by atoms with Gasteiger partial charge in [-0.05, 0) is 24.0 Å². The van der Waals surface area contributed by atoms with Crippen molar-refractivity contribution in [2.45, 2.75) is 38.5 Å². The summed E-state index contributed by atoms with van der Waals surface area (Å²) in [7, 11) is 3.42. The molecule has 1 saturated carbocycles. The van der Waals surface area contributed by atoms with Crippen LogP contribution in [0.25, 0.3) is 0 Å². The fourth-order valence-electron chi connectivity index (χ4n) is 2.82. The summed E-state index contributed by atoms with van der Waals surface area (Å²) in [6.45, 7) is 0. The number of para-hydroxylation sites is 1. The predicted octanol–water partition coefficient (Wildman–Crippen LogP) is 3.83. The van der Waals surface area contributed by atoms with Crippen molar-refractivity contribution in [1.82, 2.24) is 0 Å². The van der Waals surface area contributed by atoms with Gasteiger partial charge in [-0.2, -0.15) is 0 Å². The Labute approximate surface area is 104 Å². The molecule has 0 radical (unpaired) electrons. The lowest BCUT2D eigenvalue weighted by atomic mass is 9.84. The van der Waals surface area contributed by atoms with E-state index in [0.717, 1.165) is 23.8 Å². The first-order valence-electron chi connectivity index (χ1n) is 6.55. The molecule has 1 aromatic rings. The maximum absolute atomic E-state index is 5.48. The summed E-state index contributed by atoms with van der Waals surface area (Å²) >= 11 is 0. The number of ether oxygens (including phenoxy) is 2. The van der Waals surface area contributed by atoms with Gasteiger partial charge in [0.15, 0.2) is 11.5 Å². The van der Waals surface area contributed by atoms with Gasteiger partial charge in [-0.1, -0.05) is 44.2 Å². The molecule has 94 valence electrons. The molecule has 1 fully saturated rings. The minimum absolute atomic E-state index is 0.824. The van der Waals surface area contributed by atoms with E-state index in [4.69, 9.17) is 9.47 Å². The molecule has 0 spiro atoms. The Morgan fingerprint density at radius 2 is 1.82 bits per heavy atom. The van der Waals surface area contributed by atoms with Crippen LogP contribution >= 0.6 is 0 Å². The lowest BCUT2D eigenvalue weighted by Crippen LogP contribution is -2.10. The van der Waals surface area contributed by atoms with E-state index in [2.05, 4.69) is 12.1 Å². The van der Waals surface area contributed by atoms with Gasteiger partial charge in [0.1, 0.15) is 0 Å². The van der Waals surface area contributed by atoms with Gasteiger partial charge in [0, 0.05) is 0 Å². The van der Waals surface area contributed by atoms with Crippen molar-refractivity contribution >= 4 is 0 Å². The molecule has 0 heterocycles. The van der Waals surface area contributed by atoms with E-state index < -0.39 is 0 Å². The second kappa shape index (κ2) is 5.95. The van der Waals surface area contributed by atoms with E-state index in [9.17, 15) is 0 Å². The Bertz CT molecular complexity index is 354. The van der Waals surface area contributed by atoms with Crippen molar-refractivity contribution in [1.29, 1.82) is 0 Å². The molecule has 1 aromatic carbocycles. The molecule has 2 rings (SSSR count). The van der Waals surface area contributed by atoms with Crippen molar-refractivity contribution in [3.63, 3.8) is 0 Å². The summed E-state index contributed by atoms with van der Waals surface area (Å²) in [5.41, 5.74) is 1.29. The third-order valence-electron chi connectivity index (χ3n) is 3.72. The van der Waals surface area contributed by atoms with Crippen LogP contribution < -0.4 is 9.47 Å². The molecule has 0 saturated heterocycles. The molecule has 1 aliphatic carbocycles. The zero-order valence-electron chi connectivity index (χ0n) is 10.9. The zero-order valence-corrected chi connectivity index (χ0v) is 10.9. The molecular weight excluding hydrogens is 212 g/mol. The van der Waals surface area contributed by atoms with Crippen LogP contribution in [0.2, 0.25) is 0 Å². The first-order chi connectivity index (χ1) is 8.35. The van der Waals surface area contributed by atoms with Crippen LogP contribution in [0.15, 0.2) is 18.2 Å². The van der Waals surface area contributed by atoms with Gasteiger partial charge in [-0.3, -0.25) is 0 Å². The SMILES string of the molecule is COc1cccc(CC2CCCCC2)c1OC. The normalized spacial score (nSPS) is 16.8. The second-order valence-electron chi connectivity index (χ2n) is 4.86. The minimum atomic E-state index is 0.824. The van der Waals surface area contributed by atoms with Crippen LogP contribution in [0.4, 0.5) is 0 Å². The zero-order chi connectivity index (χ0) is 12.1. The number of methoxy groups -OCH3 is 2. The molecule has 0 aromatic heterocycles. The largest absolute Gasteiger partial charge is 0.493 e. The first kappa shape index (κ1) is 12.3. The molecule has 0 amide bonds. The predicted molar refractivity (Wildman–Crippen MR) is 69.8 cm³/mol. The highest BCUT2D eigenvalue weighted by Crippen LogP contribution is 2.35. The van der Waals surface area contributed by atoms with Crippen LogP contribution in [0.1, 0.15) is 37.7 Å². The molecular formula is C15H22O2. The number of benzene rings is 1. The molecule has 0 atom stereocenters.